The Kier molecular flexibility index (Phi) is 4.68. The summed E-state index contributed by atoms with van der Waals surface area (Å²) in [5.74, 6) is 1.41. The molecule has 1 aromatic heterocycles. The summed E-state index contributed by atoms with van der Waals surface area (Å²) in [6, 6.07) is 7.86. The lowest BCUT2D eigenvalue weighted by Gasteiger charge is -2.05. The fourth-order valence-electron chi connectivity index (χ4n) is 2.14. The summed E-state index contributed by atoms with van der Waals surface area (Å²) in [6.45, 7) is 2.62. The van der Waals surface area contributed by atoms with Crippen LogP contribution in [-0.2, 0) is 11.2 Å². The van der Waals surface area contributed by atoms with Crippen molar-refractivity contribution in [2.24, 2.45) is 0 Å². The monoisotopic (exact) mass is 317 g/mol. The van der Waals surface area contributed by atoms with Crippen molar-refractivity contribution in [3.8, 4) is 5.75 Å². The summed E-state index contributed by atoms with van der Waals surface area (Å²) in [6.07, 6.45) is 3.53. The van der Waals surface area contributed by atoms with Crippen molar-refractivity contribution < 1.29 is 9.53 Å². The van der Waals surface area contributed by atoms with E-state index in [4.69, 9.17) is 4.74 Å². The predicted octanol–water partition coefficient (Wildman–Crippen LogP) is 3.39. The molecule has 1 fully saturated rings. The first kappa shape index (κ1) is 15.0. The van der Waals surface area contributed by atoms with Crippen molar-refractivity contribution >= 4 is 22.4 Å². The second-order valence-electron chi connectivity index (χ2n) is 5.34. The van der Waals surface area contributed by atoms with Crippen LogP contribution in [0.15, 0.2) is 24.3 Å². The molecule has 6 heteroatoms. The number of aryl methyl sites for hydroxylation is 1. The van der Waals surface area contributed by atoms with E-state index in [1.165, 1.54) is 24.2 Å². The highest BCUT2D eigenvalue weighted by atomic mass is 32.1. The first-order chi connectivity index (χ1) is 10.7. The minimum atomic E-state index is -0.0209. The third-order valence-electron chi connectivity index (χ3n) is 3.49. The van der Waals surface area contributed by atoms with E-state index in [0.29, 0.717) is 30.5 Å². The molecule has 1 aliphatic carbocycles. The molecule has 0 atom stereocenters. The third-order valence-corrected chi connectivity index (χ3v) is 4.49. The number of hydrogen-bond donors (Lipinski definition) is 1. The number of anilines is 1. The molecule has 1 amide bonds. The minimum absolute atomic E-state index is 0.0209. The molecule has 0 saturated heterocycles. The second kappa shape index (κ2) is 6.87. The molecule has 1 N–H and O–H groups in total. The van der Waals surface area contributed by atoms with Crippen molar-refractivity contribution in [2.75, 3.05) is 11.9 Å². The standard InChI is InChI=1S/C16H19N3O2S/c1-2-21-13-8-3-11(4-9-13)5-10-14(20)17-16-19-18-15(22-16)12-6-7-12/h3-4,8-9,12H,2,5-7,10H2,1H3,(H,17,19,20). The lowest BCUT2D eigenvalue weighted by Crippen LogP contribution is -2.12. The smallest absolute Gasteiger partial charge is 0.226 e. The first-order valence-corrected chi connectivity index (χ1v) is 8.41. The highest BCUT2D eigenvalue weighted by Gasteiger charge is 2.27. The number of rotatable bonds is 7. The van der Waals surface area contributed by atoms with Gasteiger partial charge in [0.15, 0.2) is 0 Å². The molecule has 1 aliphatic rings. The summed E-state index contributed by atoms with van der Waals surface area (Å²) < 4.78 is 5.40. The Morgan fingerprint density at radius 1 is 1.32 bits per heavy atom. The van der Waals surface area contributed by atoms with Crippen LogP contribution in [0.1, 0.15) is 42.7 Å². The number of amides is 1. The zero-order valence-electron chi connectivity index (χ0n) is 12.5. The SMILES string of the molecule is CCOc1ccc(CCC(=O)Nc2nnc(C3CC3)s2)cc1. The van der Waals surface area contributed by atoms with E-state index in [1.807, 2.05) is 31.2 Å². The molecule has 0 radical (unpaired) electrons. The van der Waals surface area contributed by atoms with Gasteiger partial charge in [-0.3, -0.25) is 4.79 Å². The van der Waals surface area contributed by atoms with Crippen molar-refractivity contribution in [1.82, 2.24) is 10.2 Å². The molecule has 116 valence electrons. The molecule has 0 bridgehead atoms. The molecule has 0 aliphatic heterocycles. The molecule has 1 heterocycles. The van der Waals surface area contributed by atoms with Gasteiger partial charge in [-0.25, -0.2) is 0 Å². The zero-order chi connectivity index (χ0) is 15.4. The van der Waals surface area contributed by atoms with Crippen LogP contribution in [0.3, 0.4) is 0 Å². The summed E-state index contributed by atoms with van der Waals surface area (Å²) in [4.78, 5) is 12.0. The largest absolute Gasteiger partial charge is 0.494 e. The molecule has 22 heavy (non-hydrogen) atoms. The van der Waals surface area contributed by atoms with Crippen molar-refractivity contribution in [1.29, 1.82) is 0 Å². The van der Waals surface area contributed by atoms with Gasteiger partial charge in [-0.1, -0.05) is 23.5 Å². The van der Waals surface area contributed by atoms with Crippen molar-refractivity contribution in [3.05, 3.63) is 34.8 Å². The highest BCUT2D eigenvalue weighted by molar-refractivity contribution is 7.15. The minimum Gasteiger partial charge on any atom is -0.494 e. The van der Waals surface area contributed by atoms with E-state index in [2.05, 4.69) is 15.5 Å². The van der Waals surface area contributed by atoms with Gasteiger partial charge in [0.2, 0.25) is 11.0 Å². The molecule has 2 aromatic rings. The summed E-state index contributed by atoms with van der Waals surface area (Å²) in [5.41, 5.74) is 1.12. The number of aromatic nitrogens is 2. The van der Waals surface area contributed by atoms with Crippen LogP contribution < -0.4 is 10.1 Å². The number of nitrogens with one attached hydrogen (secondary N) is 1. The fourth-order valence-corrected chi connectivity index (χ4v) is 3.07. The molecule has 3 rings (SSSR count). The number of hydrogen-bond acceptors (Lipinski definition) is 5. The number of nitrogens with zero attached hydrogens (tertiary/aromatic N) is 2. The summed E-state index contributed by atoms with van der Waals surface area (Å²) >= 11 is 1.49. The lowest BCUT2D eigenvalue weighted by atomic mass is 10.1. The van der Waals surface area contributed by atoms with Gasteiger partial charge in [-0.15, -0.1) is 10.2 Å². The number of ether oxygens (including phenoxy) is 1. The maximum absolute atomic E-state index is 12.0. The predicted molar refractivity (Wildman–Crippen MR) is 86.4 cm³/mol. The molecule has 1 saturated carbocycles. The van der Waals surface area contributed by atoms with E-state index >= 15 is 0 Å². The van der Waals surface area contributed by atoms with Gasteiger partial charge in [-0.05, 0) is 43.9 Å². The molecule has 5 nitrogen and oxygen atoms in total. The Morgan fingerprint density at radius 3 is 2.77 bits per heavy atom. The molecule has 0 spiro atoms. The van der Waals surface area contributed by atoms with E-state index in [-0.39, 0.29) is 5.91 Å². The van der Waals surface area contributed by atoms with Gasteiger partial charge in [0.1, 0.15) is 10.8 Å². The average Bonchev–Trinajstić information content (AvgIpc) is 3.27. The van der Waals surface area contributed by atoms with E-state index in [1.54, 1.807) is 0 Å². The lowest BCUT2D eigenvalue weighted by molar-refractivity contribution is -0.116. The van der Waals surface area contributed by atoms with Crippen molar-refractivity contribution in [3.63, 3.8) is 0 Å². The second-order valence-corrected chi connectivity index (χ2v) is 6.35. The third kappa shape index (κ3) is 4.04. The summed E-state index contributed by atoms with van der Waals surface area (Å²) in [7, 11) is 0. The van der Waals surface area contributed by atoms with Crippen LogP contribution in [0.4, 0.5) is 5.13 Å². The summed E-state index contributed by atoms with van der Waals surface area (Å²) in [5, 5.41) is 12.6. The Labute approximate surface area is 133 Å². The fraction of sp³-hybridized carbons (Fsp3) is 0.438. The highest BCUT2D eigenvalue weighted by Crippen LogP contribution is 2.42. The quantitative estimate of drug-likeness (QED) is 0.850. The van der Waals surface area contributed by atoms with Crippen LogP contribution >= 0.6 is 11.3 Å². The van der Waals surface area contributed by atoms with Gasteiger partial charge in [0.05, 0.1) is 6.61 Å². The van der Waals surface area contributed by atoms with E-state index < -0.39 is 0 Å². The number of carbonyl (C=O) groups is 1. The maximum Gasteiger partial charge on any atom is 0.226 e. The van der Waals surface area contributed by atoms with Gasteiger partial charge in [-0.2, -0.15) is 0 Å². The van der Waals surface area contributed by atoms with Gasteiger partial charge >= 0.3 is 0 Å². The Morgan fingerprint density at radius 2 is 2.09 bits per heavy atom. The van der Waals surface area contributed by atoms with Crippen LogP contribution in [0.2, 0.25) is 0 Å². The van der Waals surface area contributed by atoms with Gasteiger partial charge in [0.25, 0.3) is 0 Å². The van der Waals surface area contributed by atoms with Gasteiger partial charge < -0.3 is 10.1 Å². The average molecular weight is 317 g/mol. The zero-order valence-corrected chi connectivity index (χ0v) is 13.4. The van der Waals surface area contributed by atoms with Crippen LogP contribution in [0, 0.1) is 0 Å². The topological polar surface area (TPSA) is 64.1 Å². The molecular weight excluding hydrogens is 298 g/mol. The van der Waals surface area contributed by atoms with Crippen LogP contribution in [-0.4, -0.2) is 22.7 Å². The van der Waals surface area contributed by atoms with Gasteiger partial charge in [0, 0.05) is 12.3 Å². The molecule has 0 unspecified atom stereocenters. The van der Waals surface area contributed by atoms with E-state index in [9.17, 15) is 4.79 Å². The Bertz CT molecular complexity index is 635. The first-order valence-electron chi connectivity index (χ1n) is 7.59. The Hall–Kier alpha value is -1.95. The maximum atomic E-state index is 12.0. The normalized spacial score (nSPS) is 13.9. The number of benzene rings is 1. The van der Waals surface area contributed by atoms with Crippen molar-refractivity contribution in [2.45, 2.75) is 38.5 Å². The number of carbonyl (C=O) groups excluding carboxylic acids is 1. The van der Waals surface area contributed by atoms with E-state index in [0.717, 1.165) is 16.3 Å². The van der Waals surface area contributed by atoms with Crippen LogP contribution in [0.5, 0.6) is 5.75 Å². The molecule has 1 aromatic carbocycles. The molecular formula is C16H19N3O2S. The van der Waals surface area contributed by atoms with Crippen LogP contribution in [0.25, 0.3) is 0 Å². The Balaban J connectivity index is 1.46.